The number of ether oxygens (including phenoxy) is 1. The van der Waals surface area contributed by atoms with Crippen LogP contribution < -0.4 is 15.5 Å². The Bertz CT molecular complexity index is 1080. The van der Waals surface area contributed by atoms with Crippen LogP contribution >= 0.6 is 0 Å². The molecule has 180 valence electrons. The van der Waals surface area contributed by atoms with Crippen LogP contribution in [0.1, 0.15) is 18.9 Å². The van der Waals surface area contributed by atoms with Crippen LogP contribution in [-0.4, -0.2) is 66.4 Å². The lowest BCUT2D eigenvalue weighted by Crippen LogP contribution is -2.35. The molecule has 2 heterocycles. The van der Waals surface area contributed by atoms with Crippen LogP contribution in [0.2, 0.25) is 0 Å². The van der Waals surface area contributed by atoms with E-state index in [0.29, 0.717) is 29.9 Å². The average Bonchev–Trinajstić information content (AvgIpc) is 3.38. The van der Waals surface area contributed by atoms with Crippen molar-refractivity contribution in [3.63, 3.8) is 0 Å². The molecule has 2 aliphatic rings. The number of nitrogens with zero attached hydrogens (tertiary/aromatic N) is 2. The lowest BCUT2D eigenvalue weighted by molar-refractivity contribution is -0.119. The van der Waals surface area contributed by atoms with Crippen LogP contribution in [0.3, 0.4) is 0 Å². The second kappa shape index (κ2) is 10.1. The SMILES string of the molecule is CC(=O)NC[C@H]1CN(c2ccc(-c3ccc(CN4CC[C@@H](NC(=O)O)C4)cc3)c(F)c2)C(=O)O1. The number of carbonyl (C=O) groups excluding carboxylic acids is 2. The zero-order chi connectivity index (χ0) is 24.2. The Balaban J connectivity index is 1.38. The Morgan fingerprint density at radius 2 is 1.94 bits per heavy atom. The molecular formula is C24H27FN4O5. The van der Waals surface area contributed by atoms with Crippen molar-refractivity contribution in [2.75, 3.05) is 31.1 Å². The van der Waals surface area contributed by atoms with E-state index >= 15 is 0 Å². The van der Waals surface area contributed by atoms with Crippen molar-refractivity contribution in [3.8, 4) is 11.1 Å². The van der Waals surface area contributed by atoms with E-state index in [0.717, 1.165) is 18.5 Å². The summed E-state index contributed by atoms with van der Waals surface area (Å²) in [4.78, 5) is 37.6. The summed E-state index contributed by atoms with van der Waals surface area (Å²) >= 11 is 0. The number of benzene rings is 2. The van der Waals surface area contributed by atoms with Gasteiger partial charge < -0.3 is 20.5 Å². The molecule has 2 aromatic rings. The third-order valence-electron chi connectivity index (χ3n) is 5.99. The highest BCUT2D eigenvalue weighted by atomic mass is 19.1. The summed E-state index contributed by atoms with van der Waals surface area (Å²) < 4.78 is 20.2. The molecule has 0 spiro atoms. The van der Waals surface area contributed by atoms with Crippen molar-refractivity contribution in [1.29, 1.82) is 0 Å². The number of nitrogens with one attached hydrogen (secondary N) is 2. The summed E-state index contributed by atoms with van der Waals surface area (Å²) in [6.45, 7) is 3.99. The highest BCUT2D eigenvalue weighted by Crippen LogP contribution is 2.29. The number of carbonyl (C=O) groups is 3. The van der Waals surface area contributed by atoms with Crippen LogP contribution in [0.15, 0.2) is 42.5 Å². The normalized spacial score (nSPS) is 20.3. The van der Waals surface area contributed by atoms with Crippen molar-refractivity contribution >= 4 is 23.8 Å². The first-order chi connectivity index (χ1) is 16.3. The number of cyclic esters (lactones) is 1. The van der Waals surface area contributed by atoms with Gasteiger partial charge in [0.2, 0.25) is 5.91 Å². The van der Waals surface area contributed by atoms with Crippen LogP contribution in [0.5, 0.6) is 0 Å². The van der Waals surface area contributed by atoms with Gasteiger partial charge in [0.05, 0.1) is 18.8 Å². The van der Waals surface area contributed by atoms with E-state index in [-0.39, 0.29) is 25.0 Å². The maximum atomic E-state index is 14.9. The summed E-state index contributed by atoms with van der Waals surface area (Å²) in [5, 5.41) is 14.0. The number of likely N-dealkylation sites (tertiary alicyclic amines) is 1. The van der Waals surface area contributed by atoms with E-state index in [2.05, 4.69) is 15.5 Å². The summed E-state index contributed by atoms with van der Waals surface area (Å²) in [5.74, 6) is -0.666. The molecule has 3 amide bonds. The molecule has 0 aliphatic carbocycles. The fourth-order valence-corrected chi connectivity index (χ4v) is 4.32. The van der Waals surface area contributed by atoms with Crippen LogP contribution in [0.4, 0.5) is 19.7 Å². The maximum Gasteiger partial charge on any atom is 0.414 e. The van der Waals surface area contributed by atoms with E-state index in [1.165, 1.54) is 17.9 Å². The molecular weight excluding hydrogens is 443 g/mol. The number of amides is 3. The first kappa shape index (κ1) is 23.5. The zero-order valence-corrected chi connectivity index (χ0v) is 18.8. The predicted molar refractivity (Wildman–Crippen MR) is 123 cm³/mol. The first-order valence-electron chi connectivity index (χ1n) is 11.1. The average molecular weight is 471 g/mol. The van der Waals surface area contributed by atoms with Gasteiger partial charge in [0, 0.05) is 38.2 Å². The Hall–Kier alpha value is -3.66. The van der Waals surface area contributed by atoms with Gasteiger partial charge in [-0.3, -0.25) is 14.6 Å². The molecule has 0 unspecified atom stereocenters. The molecule has 10 heteroatoms. The molecule has 0 radical (unpaired) electrons. The number of hydrogen-bond donors (Lipinski definition) is 3. The quantitative estimate of drug-likeness (QED) is 0.574. The number of rotatable bonds is 7. The van der Waals surface area contributed by atoms with Crippen LogP contribution in [0, 0.1) is 5.82 Å². The van der Waals surface area contributed by atoms with E-state index in [1.807, 2.05) is 24.3 Å². The minimum atomic E-state index is -1.00. The molecule has 9 nitrogen and oxygen atoms in total. The van der Waals surface area contributed by atoms with Crippen LogP contribution in [-0.2, 0) is 16.1 Å². The van der Waals surface area contributed by atoms with Crippen molar-refractivity contribution < 1.29 is 28.6 Å². The number of hydrogen-bond acceptors (Lipinski definition) is 5. The standard InChI is InChI=1S/C24H27FN4O5/c1-15(30)26-11-20-14-29(24(33)34-20)19-6-7-21(22(25)10-19)17-4-2-16(3-5-17)12-28-9-8-18(13-28)27-23(31)32/h2-7,10,18,20,27H,8-9,11-14H2,1H3,(H,26,30)(H,31,32)/t18-,20+/m1/s1. The smallest absolute Gasteiger partial charge is 0.414 e. The third kappa shape index (κ3) is 5.63. The topological polar surface area (TPSA) is 111 Å². The van der Waals surface area contributed by atoms with E-state index in [4.69, 9.17) is 9.84 Å². The Morgan fingerprint density at radius 3 is 2.62 bits per heavy atom. The number of carboxylic acid groups (broad SMARTS) is 1. The lowest BCUT2D eigenvalue weighted by atomic mass is 10.0. The largest absolute Gasteiger partial charge is 0.465 e. The molecule has 0 aromatic heterocycles. The van der Waals surface area contributed by atoms with Gasteiger partial charge in [0.25, 0.3) is 0 Å². The minimum absolute atomic E-state index is 0.0575. The summed E-state index contributed by atoms with van der Waals surface area (Å²) in [5.41, 5.74) is 2.59. The number of halogens is 1. The molecule has 3 N–H and O–H groups in total. The van der Waals surface area contributed by atoms with Gasteiger partial charge in [0.1, 0.15) is 11.9 Å². The first-order valence-corrected chi connectivity index (χ1v) is 11.1. The minimum Gasteiger partial charge on any atom is -0.465 e. The van der Waals surface area contributed by atoms with Gasteiger partial charge in [-0.15, -0.1) is 0 Å². The number of anilines is 1. The van der Waals surface area contributed by atoms with Gasteiger partial charge in [-0.05, 0) is 35.7 Å². The predicted octanol–water partition coefficient (Wildman–Crippen LogP) is 2.80. The molecule has 4 rings (SSSR count). The molecule has 2 fully saturated rings. The summed E-state index contributed by atoms with van der Waals surface area (Å²) in [6, 6.07) is 12.1. The monoisotopic (exact) mass is 470 g/mol. The van der Waals surface area contributed by atoms with Crippen molar-refractivity contribution in [2.24, 2.45) is 0 Å². The Morgan fingerprint density at radius 1 is 1.18 bits per heavy atom. The Labute approximate surface area is 196 Å². The summed E-state index contributed by atoms with van der Waals surface area (Å²) in [7, 11) is 0. The van der Waals surface area contributed by atoms with Crippen molar-refractivity contribution in [3.05, 3.63) is 53.8 Å². The molecule has 2 aliphatic heterocycles. The van der Waals surface area contributed by atoms with E-state index in [9.17, 15) is 18.8 Å². The zero-order valence-electron chi connectivity index (χ0n) is 18.8. The van der Waals surface area contributed by atoms with Gasteiger partial charge in [-0.2, -0.15) is 0 Å². The Kier molecular flexibility index (Phi) is 6.97. The van der Waals surface area contributed by atoms with Gasteiger partial charge in [0.15, 0.2) is 0 Å². The van der Waals surface area contributed by atoms with Gasteiger partial charge in [-0.25, -0.2) is 14.0 Å². The second-order valence-corrected chi connectivity index (χ2v) is 8.58. The summed E-state index contributed by atoms with van der Waals surface area (Å²) in [6.07, 6.45) is -1.29. The lowest BCUT2D eigenvalue weighted by Gasteiger charge is -2.17. The van der Waals surface area contributed by atoms with Crippen molar-refractivity contribution in [1.82, 2.24) is 15.5 Å². The maximum absolute atomic E-state index is 14.9. The molecule has 0 bridgehead atoms. The fourth-order valence-electron chi connectivity index (χ4n) is 4.32. The molecule has 0 saturated carbocycles. The van der Waals surface area contributed by atoms with Crippen LogP contribution in [0.25, 0.3) is 11.1 Å². The van der Waals surface area contributed by atoms with E-state index < -0.39 is 24.1 Å². The van der Waals surface area contributed by atoms with E-state index in [1.54, 1.807) is 12.1 Å². The fraction of sp³-hybridized carbons (Fsp3) is 0.375. The van der Waals surface area contributed by atoms with Gasteiger partial charge >= 0.3 is 12.2 Å². The van der Waals surface area contributed by atoms with Gasteiger partial charge in [-0.1, -0.05) is 24.3 Å². The molecule has 2 aromatic carbocycles. The third-order valence-corrected chi connectivity index (χ3v) is 5.99. The molecule has 34 heavy (non-hydrogen) atoms. The highest BCUT2D eigenvalue weighted by molar-refractivity contribution is 5.90. The molecule has 2 saturated heterocycles. The molecule has 2 atom stereocenters. The van der Waals surface area contributed by atoms with Crippen molar-refractivity contribution in [2.45, 2.75) is 32.0 Å². The second-order valence-electron chi connectivity index (χ2n) is 8.58. The highest BCUT2D eigenvalue weighted by Gasteiger charge is 2.32.